The van der Waals surface area contributed by atoms with Gasteiger partial charge in [0, 0.05) is 29.2 Å². The van der Waals surface area contributed by atoms with E-state index < -0.39 is 0 Å². The number of phenolic OH excluding ortho intramolecular Hbond substituents is 2. The van der Waals surface area contributed by atoms with Crippen LogP contribution in [-0.4, -0.2) is 16.0 Å². The number of Topliss-reactive ketones (excluding diaryl/α,β-unsaturated/α-hetero) is 1. The van der Waals surface area contributed by atoms with Gasteiger partial charge >= 0.3 is 0 Å². The molecular formula is C22H30O3. The van der Waals surface area contributed by atoms with E-state index in [1.54, 1.807) is 12.1 Å². The molecule has 0 spiro atoms. The molecule has 0 aliphatic heterocycles. The predicted molar refractivity (Wildman–Crippen MR) is 100 cm³/mol. The maximum absolute atomic E-state index is 12.1. The first-order valence-corrected chi connectivity index (χ1v) is 9.60. The Bertz CT molecular complexity index is 658. The second-order valence-corrected chi connectivity index (χ2v) is 8.40. The smallest absolute Gasteiger partial charge is 0.136 e. The maximum atomic E-state index is 12.1. The van der Waals surface area contributed by atoms with E-state index in [1.165, 1.54) is 12.8 Å². The van der Waals surface area contributed by atoms with Crippen LogP contribution < -0.4 is 0 Å². The quantitative estimate of drug-likeness (QED) is 0.551. The van der Waals surface area contributed by atoms with Crippen molar-refractivity contribution in [3.8, 4) is 11.5 Å². The summed E-state index contributed by atoms with van der Waals surface area (Å²) in [6, 6.07) is 3.54. The highest BCUT2D eigenvalue weighted by Crippen LogP contribution is 2.55. The van der Waals surface area contributed by atoms with E-state index in [1.807, 2.05) is 0 Å². The molecule has 1 aromatic carbocycles. The maximum Gasteiger partial charge on any atom is 0.136 e. The largest absolute Gasteiger partial charge is 0.508 e. The summed E-state index contributed by atoms with van der Waals surface area (Å²) in [6.07, 6.45) is 9.99. The van der Waals surface area contributed by atoms with Gasteiger partial charge in [0.25, 0.3) is 0 Å². The van der Waals surface area contributed by atoms with Gasteiger partial charge in [-0.3, -0.25) is 4.79 Å². The number of phenols is 2. The Hall–Kier alpha value is -1.77. The molecule has 3 fully saturated rings. The molecule has 3 saturated carbocycles. The fourth-order valence-electron chi connectivity index (χ4n) is 4.31. The highest BCUT2D eigenvalue weighted by Gasteiger charge is 2.47. The van der Waals surface area contributed by atoms with E-state index in [2.05, 4.69) is 32.9 Å². The topological polar surface area (TPSA) is 57.5 Å². The molecule has 3 heteroatoms. The molecule has 136 valence electrons. The van der Waals surface area contributed by atoms with Gasteiger partial charge < -0.3 is 10.2 Å². The molecular weight excluding hydrogens is 312 g/mol. The molecule has 0 amide bonds. The van der Waals surface area contributed by atoms with Crippen molar-refractivity contribution in [1.29, 1.82) is 0 Å². The van der Waals surface area contributed by atoms with E-state index >= 15 is 0 Å². The van der Waals surface area contributed by atoms with Crippen LogP contribution in [0.25, 0.3) is 0 Å². The van der Waals surface area contributed by atoms with Crippen molar-refractivity contribution in [2.45, 2.75) is 70.6 Å². The highest BCUT2D eigenvalue weighted by atomic mass is 16.3. The fraction of sp³-hybridized carbons (Fsp3) is 0.591. The SMILES string of the molecule is CCCC/C=C\C(C)(C)c1cc(O)c([C@@H]2CC(=O)[C@H]3C[C@@H]2C3)c(O)c1. The summed E-state index contributed by atoms with van der Waals surface area (Å²) in [6.45, 7) is 6.35. The molecule has 1 aromatic rings. The van der Waals surface area contributed by atoms with Gasteiger partial charge in [-0.1, -0.05) is 45.8 Å². The number of aromatic hydroxyl groups is 2. The minimum absolute atomic E-state index is 0.0326. The lowest BCUT2D eigenvalue weighted by Crippen LogP contribution is -2.41. The van der Waals surface area contributed by atoms with Crippen molar-refractivity contribution < 1.29 is 15.0 Å². The second kappa shape index (κ2) is 6.86. The molecule has 3 aliphatic rings. The van der Waals surface area contributed by atoms with Gasteiger partial charge in [0.1, 0.15) is 17.3 Å². The first kappa shape index (κ1) is 18.0. The summed E-state index contributed by atoms with van der Waals surface area (Å²) in [5.74, 6) is 1.18. The van der Waals surface area contributed by atoms with Crippen molar-refractivity contribution in [3.05, 3.63) is 35.4 Å². The van der Waals surface area contributed by atoms with E-state index in [-0.39, 0.29) is 34.5 Å². The first-order valence-electron chi connectivity index (χ1n) is 9.60. The number of hydrogen-bond acceptors (Lipinski definition) is 3. The molecule has 4 rings (SSSR count). The third-order valence-electron chi connectivity index (χ3n) is 6.13. The summed E-state index contributed by atoms with van der Waals surface area (Å²) in [5.41, 5.74) is 1.21. The van der Waals surface area contributed by atoms with Gasteiger partial charge in [0.2, 0.25) is 0 Å². The van der Waals surface area contributed by atoms with Gasteiger partial charge in [0.15, 0.2) is 0 Å². The van der Waals surface area contributed by atoms with Crippen LogP contribution in [0.15, 0.2) is 24.3 Å². The predicted octanol–water partition coefficient (Wildman–Crippen LogP) is 5.20. The zero-order chi connectivity index (χ0) is 18.2. The van der Waals surface area contributed by atoms with Gasteiger partial charge in [-0.25, -0.2) is 0 Å². The van der Waals surface area contributed by atoms with Crippen LogP contribution in [-0.2, 0) is 10.2 Å². The van der Waals surface area contributed by atoms with E-state index in [0.717, 1.165) is 24.8 Å². The molecule has 2 bridgehead atoms. The Kier molecular flexibility index (Phi) is 4.95. The molecule has 3 aliphatic carbocycles. The normalized spacial score (nSPS) is 26.0. The first-order chi connectivity index (χ1) is 11.8. The van der Waals surface area contributed by atoms with Crippen molar-refractivity contribution >= 4 is 5.78 Å². The Balaban J connectivity index is 1.85. The van der Waals surface area contributed by atoms with Crippen LogP contribution in [0.2, 0.25) is 0 Å². The molecule has 25 heavy (non-hydrogen) atoms. The van der Waals surface area contributed by atoms with Crippen molar-refractivity contribution in [2.75, 3.05) is 0 Å². The van der Waals surface area contributed by atoms with Gasteiger partial charge in [-0.2, -0.15) is 0 Å². The summed E-state index contributed by atoms with van der Waals surface area (Å²) in [7, 11) is 0. The number of fused-ring (bicyclic) bond motifs is 2. The third kappa shape index (κ3) is 3.47. The molecule has 0 unspecified atom stereocenters. The Morgan fingerprint density at radius 2 is 1.84 bits per heavy atom. The van der Waals surface area contributed by atoms with Crippen LogP contribution in [0.3, 0.4) is 0 Å². The average Bonchev–Trinajstić information content (AvgIpc) is 2.49. The fourth-order valence-corrected chi connectivity index (χ4v) is 4.31. The number of hydrogen-bond donors (Lipinski definition) is 2. The average molecular weight is 342 g/mol. The Morgan fingerprint density at radius 3 is 2.40 bits per heavy atom. The van der Waals surface area contributed by atoms with Gasteiger partial charge in [-0.05, 0) is 42.9 Å². The molecule has 3 nitrogen and oxygen atoms in total. The number of carbonyl (C=O) groups excluding carboxylic acids is 1. The lowest BCUT2D eigenvalue weighted by molar-refractivity contribution is -0.133. The van der Waals surface area contributed by atoms with E-state index in [4.69, 9.17) is 0 Å². The molecule has 0 saturated heterocycles. The number of rotatable bonds is 6. The third-order valence-corrected chi connectivity index (χ3v) is 6.13. The number of unbranched alkanes of at least 4 members (excludes halogenated alkanes) is 2. The van der Waals surface area contributed by atoms with Gasteiger partial charge in [-0.15, -0.1) is 0 Å². The van der Waals surface area contributed by atoms with Crippen LogP contribution >= 0.6 is 0 Å². The summed E-state index contributed by atoms with van der Waals surface area (Å²) in [5, 5.41) is 21.2. The van der Waals surface area contributed by atoms with Crippen molar-refractivity contribution in [2.24, 2.45) is 11.8 Å². The molecule has 2 N–H and O–H groups in total. The van der Waals surface area contributed by atoms with Crippen molar-refractivity contribution in [1.82, 2.24) is 0 Å². The van der Waals surface area contributed by atoms with Crippen LogP contribution in [0.1, 0.15) is 76.3 Å². The lowest BCUT2D eigenvalue weighted by atomic mass is 9.57. The highest BCUT2D eigenvalue weighted by molar-refractivity contribution is 5.85. The number of benzene rings is 1. The summed E-state index contributed by atoms with van der Waals surface area (Å²) < 4.78 is 0. The number of carbonyl (C=O) groups is 1. The standard InChI is InChI=1S/C22H30O3/c1-4-5-6-7-8-22(2,3)16-11-19(24)21(20(25)12-16)17-13-18(23)15-9-14(17)10-15/h7-8,11-12,14-15,17,24-25H,4-6,9-10,13H2,1-3H3/b8-7-/t14-,15+,17-/m1/s1. The molecule has 0 heterocycles. The van der Waals surface area contributed by atoms with E-state index in [9.17, 15) is 15.0 Å². The zero-order valence-corrected chi connectivity index (χ0v) is 15.6. The minimum atomic E-state index is -0.259. The summed E-state index contributed by atoms with van der Waals surface area (Å²) >= 11 is 0. The molecule has 0 radical (unpaired) electrons. The van der Waals surface area contributed by atoms with E-state index in [0.29, 0.717) is 17.9 Å². The Morgan fingerprint density at radius 1 is 1.20 bits per heavy atom. The van der Waals surface area contributed by atoms with Crippen LogP contribution in [0, 0.1) is 11.8 Å². The molecule has 1 atom stereocenters. The number of ketones is 1. The van der Waals surface area contributed by atoms with Crippen LogP contribution in [0.5, 0.6) is 11.5 Å². The number of allylic oxidation sites excluding steroid dienone is 2. The lowest BCUT2D eigenvalue weighted by Gasteiger charge is -2.45. The van der Waals surface area contributed by atoms with Gasteiger partial charge in [0.05, 0.1) is 0 Å². The Labute approximate surface area is 150 Å². The summed E-state index contributed by atoms with van der Waals surface area (Å²) in [4.78, 5) is 12.1. The van der Waals surface area contributed by atoms with Crippen LogP contribution in [0.4, 0.5) is 0 Å². The van der Waals surface area contributed by atoms with Crippen molar-refractivity contribution in [3.63, 3.8) is 0 Å². The minimum Gasteiger partial charge on any atom is -0.508 e. The second-order valence-electron chi connectivity index (χ2n) is 8.40. The monoisotopic (exact) mass is 342 g/mol. The molecule has 0 aromatic heterocycles. The zero-order valence-electron chi connectivity index (χ0n) is 15.6.